The molecule has 2 heterocycles. The van der Waals surface area contributed by atoms with Crippen molar-refractivity contribution in [3.8, 4) is 0 Å². The van der Waals surface area contributed by atoms with Crippen LogP contribution in [0.4, 0.5) is 19.3 Å². The van der Waals surface area contributed by atoms with Crippen molar-refractivity contribution in [2.24, 2.45) is 5.92 Å². The van der Waals surface area contributed by atoms with Gasteiger partial charge in [-0.2, -0.15) is 0 Å². The monoisotopic (exact) mass is 355 g/mol. The number of thiazole rings is 1. The number of alkyl halides is 2. The second-order valence-corrected chi connectivity index (χ2v) is 6.63. The Labute approximate surface area is 140 Å². The normalized spacial score (nSPS) is 15.9. The van der Waals surface area contributed by atoms with Crippen molar-refractivity contribution in [3.63, 3.8) is 0 Å². The molecule has 24 heavy (non-hydrogen) atoms. The van der Waals surface area contributed by atoms with Gasteiger partial charge in [-0.1, -0.05) is 0 Å². The zero-order valence-corrected chi connectivity index (χ0v) is 13.4. The van der Waals surface area contributed by atoms with E-state index in [2.05, 4.69) is 10.3 Å². The van der Waals surface area contributed by atoms with Gasteiger partial charge in [0.1, 0.15) is 0 Å². The van der Waals surface area contributed by atoms with Gasteiger partial charge in [0.2, 0.25) is 0 Å². The third-order valence-electron chi connectivity index (χ3n) is 3.97. The summed E-state index contributed by atoms with van der Waals surface area (Å²) in [5.41, 5.74) is 0.966. The molecule has 0 spiro atoms. The molecular weight excluding hydrogens is 340 g/mol. The number of urea groups is 1. The Kier molecular flexibility index (Phi) is 4.61. The maximum atomic E-state index is 12.7. The summed E-state index contributed by atoms with van der Waals surface area (Å²) in [5, 5.41) is 11.4. The first-order valence-electron chi connectivity index (χ1n) is 7.41. The molecular formula is C15H15F2N3O3S. The van der Waals surface area contributed by atoms with Crippen LogP contribution in [0.15, 0.2) is 18.2 Å². The van der Waals surface area contributed by atoms with Crippen molar-refractivity contribution in [2.75, 3.05) is 18.4 Å². The molecule has 1 saturated heterocycles. The van der Waals surface area contributed by atoms with Crippen molar-refractivity contribution in [1.82, 2.24) is 9.88 Å². The van der Waals surface area contributed by atoms with Crippen LogP contribution in [0.2, 0.25) is 0 Å². The summed E-state index contributed by atoms with van der Waals surface area (Å²) >= 11 is 0.894. The van der Waals surface area contributed by atoms with E-state index in [9.17, 15) is 18.4 Å². The molecule has 0 atom stereocenters. The maximum Gasteiger partial charge on any atom is 0.321 e. The molecule has 1 fully saturated rings. The van der Waals surface area contributed by atoms with Crippen molar-refractivity contribution in [1.29, 1.82) is 0 Å². The van der Waals surface area contributed by atoms with E-state index < -0.39 is 18.3 Å². The first kappa shape index (κ1) is 16.6. The molecule has 9 heteroatoms. The fourth-order valence-electron chi connectivity index (χ4n) is 2.65. The van der Waals surface area contributed by atoms with Gasteiger partial charge in [-0.3, -0.25) is 4.79 Å². The quantitative estimate of drug-likeness (QED) is 0.882. The van der Waals surface area contributed by atoms with E-state index in [0.29, 0.717) is 41.8 Å². The number of carbonyl (C=O) groups is 2. The molecule has 6 nitrogen and oxygen atoms in total. The van der Waals surface area contributed by atoms with Gasteiger partial charge in [0.15, 0.2) is 5.01 Å². The number of halogens is 2. The van der Waals surface area contributed by atoms with Crippen LogP contribution in [-0.2, 0) is 4.79 Å². The molecule has 2 aromatic rings. The lowest BCUT2D eigenvalue weighted by Gasteiger charge is -2.30. The minimum atomic E-state index is -2.61. The number of likely N-dealkylation sites (tertiary alicyclic amines) is 1. The minimum Gasteiger partial charge on any atom is -0.481 e. The van der Waals surface area contributed by atoms with E-state index in [1.807, 2.05) is 0 Å². The van der Waals surface area contributed by atoms with Crippen LogP contribution in [0.25, 0.3) is 10.2 Å². The number of carboxylic acids is 1. The first-order chi connectivity index (χ1) is 11.4. The van der Waals surface area contributed by atoms with E-state index in [-0.39, 0.29) is 11.0 Å². The summed E-state index contributed by atoms with van der Waals surface area (Å²) in [6.07, 6.45) is -1.76. The molecule has 1 aliphatic heterocycles. The fourth-order valence-corrected chi connectivity index (χ4v) is 3.51. The van der Waals surface area contributed by atoms with E-state index in [0.717, 1.165) is 11.3 Å². The van der Waals surface area contributed by atoms with Crippen molar-refractivity contribution < 1.29 is 23.5 Å². The van der Waals surface area contributed by atoms with Gasteiger partial charge in [-0.15, -0.1) is 11.3 Å². The summed E-state index contributed by atoms with van der Waals surface area (Å²) in [6, 6.07) is 4.49. The predicted molar refractivity (Wildman–Crippen MR) is 85.5 cm³/mol. The summed E-state index contributed by atoms with van der Waals surface area (Å²) in [7, 11) is 0. The molecule has 1 aliphatic rings. The zero-order chi connectivity index (χ0) is 17.3. The number of nitrogens with one attached hydrogen (secondary N) is 1. The lowest BCUT2D eigenvalue weighted by Crippen LogP contribution is -2.42. The summed E-state index contributed by atoms with van der Waals surface area (Å²) in [6.45, 7) is 0.752. The first-order valence-corrected chi connectivity index (χ1v) is 8.23. The van der Waals surface area contributed by atoms with Crippen molar-refractivity contribution >= 4 is 39.2 Å². The van der Waals surface area contributed by atoms with Gasteiger partial charge in [0, 0.05) is 18.8 Å². The molecule has 2 amide bonds. The molecule has 128 valence electrons. The molecule has 0 aliphatic carbocycles. The fraction of sp³-hybridized carbons (Fsp3) is 0.400. The number of fused-ring (bicyclic) bond motifs is 1. The Morgan fingerprint density at radius 2 is 2.04 bits per heavy atom. The van der Waals surface area contributed by atoms with Gasteiger partial charge in [0.05, 0.1) is 16.1 Å². The molecule has 0 bridgehead atoms. The predicted octanol–water partition coefficient (Wildman–Crippen LogP) is 3.56. The highest BCUT2D eigenvalue weighted by Gasteiger charge is 2.27. The second-order valence-electron chi connectivity index (χ2n) is 5.57. The van der Waals surface area contributed by atoms with Gasteiger partial charge in [-0.05, 0) is 31.0 Å². The van der Waals surface area contributed by atoms with Crippen LogP contribution in [-0.4, -0.2) is 40.1 Å². The number of piperidine rings is 1. The smallest absolute Gasteiger partial charge is 0.321 e. The van der Waals surface area contributed by atoms with Crippen LogP contribution >= 0.6 is 11.3 Å². The summed E-state index contributed by atoms with van der Waals surface area (Å²) in [4.78, 5) is 28.5. The van der Waals surface area contributed by atoms with E-state index >= 15 is 0 Å². The number of aromatic nitrogens is 1. The highest BCUT2D eigenvalue weighted by atomic mass is 32.1. The molecule has 1 aromatic heterocycles. The Balaban J connectivity index is 1.66. The average Bonchev–Trinajstić information content (AvgIpc) is 2.98. The number of carboxylic acid groups (broad SMARTS) is 1. The van der Waals surface area contributed by atoms with E-state index in [1.165, 1.54) is 0 Å². The maximum absolute atomic E-state index is 12.7. The van der Waals surface area contributed by atoms with Gasteiger partial charge < -0.3 is 15.3 Å². The molecule has 0 radical (unpaired) electrons. The zero-order valence-electron chi connectivity index (χ0n) is 12.5. The minimum absolute atomic E-state index is 0.246. The number of carbonyl (C=O) groups excluding carboxylic acids is 1. The third-order valence-corrected chi connectivity index (χ3v) is 5.00. The number of hydrogen-bond donors (Lipinski definition) is 2. The highest BCUT2D eigenvalue weighted by Crippen LogP contribution is 2.31. The molecule has 1 aromatic carbocycles. The third kappa shape index (κ3) is 3.45. The van der Waals surface area contributed by atoms with Crippen molar-refractivity contribution in [2.45, 2.75) is 19.3 Å². The van der Waals surface area contributed by atoms with E-state index in [1.54, 1.807) is 23.1 Å². The number of benzene rings is 1. The Morgan fingerprint density at radius 1 is 1.33 bits per heavy atom. The molecule has 0 unspecified atom stereocenters. The number of rotatable bonds is 3. The number of amides is 2. The standard InChI is InChI=1S/C15H15F2N3O3S/c16-12(17)13-19-10-2-1-9(7-11(10)24-13)18-15(23)20-5-3-8(4-6-20)14(21)22/h1-2,7-8,12H,3-6H2,(H,18,23)(H,21,22). The Bertz CT molecular complexity index is 772. The molecule has 3 rings (SSSR count). The summed E-state index contributed by atoms with van der Waals surface area (Å²) in [5.74, 6) is -1.24. The van der Waals surface area contributed by atoms with E-state index in [4.69, 9.17) is 5.11 Å². The Hall–Kier alpha value is -2.29. The van der Waals surface area contributed by atoms with Gasteiger partial charge >= 0.3 is 12.0 Å². The number of nitrogens with zero attached hydrogens (tertiary/aromatic N) is 2. The Morgan fingerprint density at radius 3 is 2.67 bits per heavy atom. The number of hydrogen-bond acceptors (Lipinski definition) is 4. The van der Waals surface area contributed by atoms with Crippen LogP contribution in [0.1, 0.15) is 24.3 Å². The van der Waals surface area contributed by atoms with Crippen LogP contribution in [0.3, 0.4) is 0 Å². The lowest BCUT2D eigenvalue weighted by atomic mass is 9.97. The van der Waals surface area contributed by atoms with Gasteiger partial charge in [0.25, 0.3) is 6.43 Å². The van der Waals surface area contributed by atoms with Crippen LogP contribution in [0, 0.1) is 5.92 Å². The van der Waals surface area contributed by atoms with Crippen molar-refractivity contribution in [3.05, 3.63) is 23.2 Å². The highest BCUT2D eigenvalue weighted by molar-refractivity contribution is 7.18. The molecule has 2 N–H and O–H groups in total. The SMILES string of the molecule is O=C(O)C1CCN(C(=O)Nc2ccc3nc(C(F)F)sc3c2)CC1. The summed E-state index contributed by atoms with van der Waals surface area (Å²) < 4.78 is 25.9. The van der Waals surface area contributed by atoms with Crippen LogP contribution < -0.4 is 5.32 Å². The number of anilines is 1. The number of aliphatic carboxylic acids is 1. The van der Waals surface area contributed by atoms with Crippen LogP contribution in [0.5, 0.6) is 0 Å². The average molecular weight is 355 g/mol. The second kappa shape index (κ2) is 6.68. The topological polar surface area (TPSA) is 82.5 Å². The largest absolute Gasteiger partial charge is 0.481 e. The molecule has 0 saturated carbocycles. The lowest BCUT2D eigenvalue weighted by molar-refractivity contribution is -0.143. The van der Waals surface area contributed by atoms with Gasteiger partial charge in [-0.25, -0.2) is 18.6 Å².